The Bertz CT molecular complexity index is 591. The second-order valence-corrected chi connectivity index (χ2v) is 6.39. The van der Waals surface area contributed by atoms with E-state index in [0.717, 1.165) is 24.2 Å². The van der Waals surface area contributed by atoms with Gasteiger partial charge in [0, 0.05) is 31.8 Å². The summed E-state index contributed by atoms with van der Waals surface area (Å²) in [5, 5.41) is 0. The van der Waals surface area contributed by atoms with Crippen molar-refractivity contribution in [1.82, 2.24) is 4.90 Å². The fourth-order valence-electron chi connectivity index (χ4n) is 3.29. The van der Waals surface area contributed by atoms with E-state index in [2.05, 4.69) is 0 Å². The molecule has 5 heteroatoms. The van der Waals surface area contributed by atoms with Gasteiger partial charge in [-0.2, -0.15) is 0 Å². The first-order valence-electron chi connectivity index (χ1n) is 9.19. The maximum absolute atomic E-state index is 12.4. The van der Waals surface area contributed by atoms with Crippen molar-refractivity contribution >= 4 is 11.7 Å². The summed E-state index contributed by atoms with van der Waals surface area (Å²) in [5.74, 6) is 2.06. The Hall–Kier alpha value is -2.04. The number of benzene rings is 1. The third-order valence-corrected chi connectivity index (χ3v) is 4.81. The number of methoxy groups -OCH3 is 1. The van der Waals surface area contributed by atoms with E-state index in [1.165, 1.54) is 0 Å². The average Bonchev–Trinajstić information content (AvgIpc) is 2.66. The van der Waals surface area contributed by atoms with Crippen LogP contribution in [0.1, 0.15) is 45.1 Å². The van der Waals surface area contributed by atoms with Gasteiger partial charge in [0.2, 0.25) is 5.91 Å². The Labute approximate surface area is 150 Å². The molecule has 1 amide bonds. The van der Waals surface area contributed by atoms with Crippen molar-refractivity contribution in [2.24, 2.45) is 5.92 Å². The second kappa shape index (κ2) is 9.44. The maximum atomic E-state index is 12.4. The van der Waals surface area contributed by atoms with Gasteiger partial charge < -0.3 is 14.4 Å². The highest BCUT2D eigenvalue weighted by atomic mass is 16.5. The quantitative estimate of drug-likeness (QED) is 0.724. The largest absolute Gasteiger partial charge is 0.493 e. The standard InChI is InChI=1S/C20H29NO4/c1-4-17(22)16-10-12-21(13-11-16)20(23)9-7-15-6-8-18(25-5-2)19(14-15)24-3/h6,8,14,16H,4-5,7,9-13H2,1-3H3. The summed E-state index contributed by atoms with van der Waals surface area (Å²) in [6.07, 6.45) is 3.35. The van der Waals surface area contributed by atoms with Crippen LogP contribution in [0.4, 0.5) is 0 Å². The number of ether oxygens (including phenoxy) is 2. The van der Waals surface area contributed by atoms with E-state index in [-0.39, 0.29) is 11.8 Å². The number of Topliss-reactive ketones (excluding diaryl/α,β-unsaturated/α-hetero) is 1. The highest BCUT2D eigenvalue weighted by Gasteiger charge is 2.26. The first-order chi connectivity index (χ1) is 12.1. The zero-order valence-electron chi connectivity index (χ0n) is 15.5. The van der Waals surface area contributed by atoms with Crippen molar-refractivity contribution in [2.45, 2.75) is 46.0 Å². The van der Waals surface area contributed by atoms with Crippen LogP contribution in [0.5, 0.6) is 11.5 Å². The van der Waals surface area contributed by atoms with Crippen molar-refractivity contribution in [1.29, 1.82) is 0 Å². The zero-order valence-corrected chi connectivity index (χ0v) is 15.5. The topological polar surface area (TPSA) is 55.8 Å². The summed E-state index contributed by atoms with van der Waals surface area (Å²) >= 11 is 0. The van der Waals surface area contributed by atoms with Gasteiger partial charge >= 0.3 is 0 Å². The lowest BCUT2D eigenvalue weighted by Crippen LogP contribution is -2.40. The van der Waals surface area contributed by atoms with E-state index < -0.39 is 0 Å². The number of likely N-dealkylation sites (tertiary alicyclic amines) is 1. The SMILES string of the molecule is CCOc1ccc(CCC(=O)N2CCC(C(=O)CC)CC2)cc1OC. The molecule has 0 radical (unpaired) electrons. The molecule has 0 unspecified atom stereocenters. The minimum Gasteiger partial charge on any atom is -0.493 e. The zero-order chi connectivity index (χ0) is 18.2. The number of piperidine rings is 1. The number of ketones is 1. The van der Waals surface area contributed by atoms with Gasteiger partial charge in [-0.1, -0.05) is 13.0 Å². The van der Waals surface area contributed by atoms with Crippen LogP contribution in [0.2, 0.25) is 0 Å². The van der Waals surface area contributed by atoms with Crippen molar-refractivity contribution in [3.8, 4) is 11.5 Å². The highest BCUT2D eigenvalue weighted by molar-refractivity contribution is 5.81. The third kappa shape index (κ3) is 5.21. The highest BCUT2D eigenvalue weighted by Crippen LogP contribution is 2.28. The van der Waals surface area contributed by atoms with Gasteiger partial charge in [0.1, 0.15) is 5.78 Å². The molecule has 0 saturated carbocycles. The van der Waals surface area contributed by atoms with Crippen LogP contribution in [0.15, 0.2) is 18.2 Å². The lowest BCUT2D eigenvalue weighted by Gasteiger charge is -2.31. The minimum absolute atomic E-state index is 0.143. The Morgan fingerprint density at radius 3 is 2.48 bits per heavy atom. The first-order valence-corrected chi connectivity index (χ1v) is 9.19. The molecule has 0 spiro atoms. The van der Waals surface area contributed by atoms with E-state index in [4.69, 9.17) is 9.47 Å². The number of carbonyl (C=O) groups excluding carboxylic acids is 2. The molecule has 2 rings (SSSR count). The number of aryl methyl sites for hydroxylation is 1. The monoisotopic (exact) mass is 347 g/mol. The molecule has 0 bridgehead atoms. The predicted molar refractivity (Wildman–Crippen MR) is 97.1 cm³/mol. The molecule has 1 heterocycles. The number of rotatable bonds is 8. The molecule has 1 aliphatic rings. The van der Waals surface area contributed by atoms with E-state index in [1.807, 2.05) is 36.9 Å². The molecule has 1 saturated heterocycles. The fourth-order valence-corrected chi connectivity index (χ4v) is 3.29. The number of hydrogen-bond donors (Lipinski definition) is 0. The number of amides is 1. The molecule has 1 fully saturated rings. The summed E-state index contributed by atoms with van der Waals surface area (Å²) < 4.78 is 10.9. The Morgan fingerprint density at radius 1 is 1.16 bits per heavy atom. The first kappa shape index (κ1) is 19.3. The Morgan fingerprint density at radius 2 is 1.88 bits per heavy atom. The molecule has 0 aliphatic carbocycles. The van der Waals surface area contributed by atoms with Crippen LogP contribution in [0, 0.1) is 5.92 Å². The van der Waals surface area contributed by atoms with Crippen molar-refractivity contribution in [3.05, 3.63) is 23.8 Å². The van der Waals surface area contributed by atoms with Crippen LogP contribution in [0.3, 0.4) is 0 Å². The van der Waals surface area contributed by atoms with Crippen LogP contribution in [-0.4, -0.2) is 43.4 Å². The molecule has 1 aliphatic heterocycles. The molecule has 5 nitrogen and oxygen atoms in total. The van der Waals surface area contributed by atoms with Crippen molar-refractivity contribution in [2.75, 3.05) is 26.8 Å². The van der Waals surface area contributed by atoms with E-state index in [1.54, 1.807) is 7.11 Å². The van der Waals surface area contributed by atoms with Crippen molar-refractivity contribution < 1.29 is 19.1 Å². The Kier molecular flexibility index (Phi) is 7.29. The van der Waals surface area contributed by atoms with Crippen LogP contribution in [0.25, 0.3) is 0 Å². The van der Waals surface area contributed by atoms with Gasteiger partial charge in [-0.15, -0.1) is 0 Å². The lowest BCUT2D eigenvalue weighted by atomic mass is 9.91. The van der Waals surface area contributed by atoms with E-state index >= 15 is 0 Å². The second-order valence-electron chi connectivity index (χ2n) is 6.39. The van der Waals surface area contributed by atoms with Gasteiger partial charge in [0.25, 0.3) is 0 Å². The normalized spacial score (nSPS) is 15.1. The number of hydrogen-bond acceptors (Lipinski definition) is 4. The summed E-state index contributed by atoms with van der Waals surface area (Å²) in [6, 6.07) is 5.81. The number of carbonyl (C=O) groups is 2. The smallest absolute Gasteiger partial charge is 0.222 e. The summed E-state index contributed by atoms with van der Waals surface area (Å²) in [5.41, 5.74) is 1.06. The van der Waals surface area contributed by atoms with Gasteiger partial charge in [-0.25, -0.2) is 0 Å². The fraction of sp³-hybridized carbons (Fsp3) is 0.600. The molecule has 0 atom stereocenters. The summed E-state index contributed by atoms with van der Waals surface area (Å²) in [6.45, 7) is 5.82. The predicted octanol–water partition coefficient (Wildman–Crippen LogP) is 3.24. The van der Waals surface area contributed by atoms with Crippen LogP contribution in [-0.2, 0) is 16.0 Å². The van der Waals surface area contributed by atoms with Crippen molar-refractivity contribution in [3.63, 3.8) is 0 Å². The van der Waals surface area contributed by atoms with Crippen LogP contribution >= 0.6 is 0 Å². The maximum Gasteiger partial charge on any atom is 0.222 e. The van der Waals surface area contributed by atoms with E-state index in [9.17, 15) is 9.59 Å². The molecule has 0 aromatic heterocycles. The molecule has 0 N–H and O–H groups in total. The third-order valence-electron chi connectivity index (χ3n) is 4.81. The van der Waals surface area contributed by atoms with Crippen LogP contribution < -0.4 is 9.47 Å². The van der Waals surface area contributed by atoms with Gasteiger partial charge in [-0.3, -0.25) is 9.59 Å². The molecule has 1 aromatic carbocycles. The minimum atomic E-state index is 0.143. The van der Waals surface area contributed by atoms with Gasteiger partial charge in [-0.05, 0) is 43.9 Å². The molecular formula is C20H29NO4. The lowest BCUT2D eigenvalue weighted by molar-refractivity contribution is -0.135. The molecular weight excluding hydrogens is 318 g/mol. The molecule has 1 aromatic rings. The van der Waals surface area contributed by atoms with E-state index in [0.29, 0.717) is 50.5 Å². The number of nitrogens with zero attached hydrogens (tertiary/aromatic N) is 1. The summed E-state index contributed by atoms with van der Waals surface area (Å²) in [4.78, 5) is 26.1. The van der Waals surface area contributed by atoms with Gasteiger partial charge in [0.05, 0.1) is 13.7 Å². The Balaban J connectivity index is 1.85. The van der Waals surface area contributed by atoms with Gasteiger partial charge in [0.15, 0.2) is 11.5 Å². The molecule has 138 valence electrons. The average molecular weight is 347 g/mol. The molecule has 25 heavy (non-hydrogen) atoms. The summed E-state index contributed by atoms with van der Waals surface area (Å²) in [7, 11) is 1.62.